The molecule has 0 spiro atoms. The highest BCUT2D eigenvalue weighted by Crippen LogP contribution is 2.18. The maximum Gasteiger partial charge on any atom is 0.337 e. The number of carboxylic acid groups (broad SMARTS) is 1. The molecule has 1 aromatic heterocycles. The summed E-state index contributed by atoms with van der Waals surface area (Å²) in [5.74, 6) is -0.475. The molecule has 0 saturated carbocycles. The van der Waals surface area contributed by atoms with Gasteiger partial charge in [-0.25, -0.2) is 9.78 Å². The van der Waals surface area contributed by atoms with Crippen molar-refractivity contribution >= 4 is 23.4 Å². The van der Waals surface area contributed by atoms with Crippen LogP contribution in [-0.2, 0) is 0 Å². The summed E-state index contributed by atoms with van der Waals surface area (Å²) in [7, 11) is 3.56. The molecule has 1 rings (SSSR count). The predicted molar refractivity (Wildman–Crippen MR) is 50.5 cm³/mol. The van der Waals surface area contributed by atoms with Crippen LogP contribution in [0.3, 0.4) is 0 Å². The fourth-order valence-electron chi connectivity index (χ4n) is 0.836. The van der Waals surface area contributed by atoms with Gasteiger partial charge < -0.3 is 10.0 Å². The third kappa shape index (κ3) is 2.09. The van der Waals surface area contributed by atoms with Crippen molar-refractivity contribution in [1.29, 1.82) is 0 Å². The van der Waals surface area contributed by atoms with Crippen molar-refractivity contribution in [2.24, 2.45) is 0 Å². The molecule has 0 radical (unpaired) electrons. The number of halogens is 1. The summed E-state index contributed by atoms with van der Waals surface area (Å²) < 4.78 is 0. The highest BCUT2D eigenvalue weighted by molar-refractivity contribution is 6.33. The van der Waals surface area contributed by atoms with Crippen molar-refractivity contribution in [2.75, 3.05) is 19.0 Å². The standard InChI is InChI=1S/C8H9ClN2O2/c1-11(2)7-3-5(8(12)13)6(9)4-10-7/h3-4H,1-2H3,(H,12,13). The van der Waals surface area contributed by atoms with Crippen LogP contribution in [0, 0.1) is 0 Å². The number of pyridine rings is 1. The second kappa shape index (κ2) is 3.62. The van der Waals surface area contributed by atoms with Crippen LogP contribution in [0.2, 0.25) is 5.02 Å². The fraction of sp³-hybridized carbons (Fsp3) is 0.250. The molecule has 0 bridgehead atoms. The van der Waals surface area contributed by atoms with Crippen LogP contribution in [0.25, 0.3) is 0 Å². The van der Waals surface area contributed by atoms with Crippen LogP contribution in [0.1, 0.15) is 10.4 Å². The van der Waals surface area contributed by atoms with Crippen LogP contribution >= 0.6 is 11.6 Å². The van der Waals surface area contributed by atoms with E-state index in [9.17, 15) is 4.79 Å². The number of hydrogen-bond acceptors (Lipinski definition) is 3. The molecular formula is C8H9ClN2O2. The number of hydrogen-bond donors (Lipinski definition) is 1. The van der Waals surface area contributed by atoms with Gasteiger partial charge in [0.25, 0.3) is 0 Å². The number of carbonyl (C=O) groups is 1. The van der Waals surface area contributed by atoms with E-state index in [-0.39, 0.29) is 10.6 Å². The Morgan fingerprint density at radius 1 is 1.62 bits per heavy atom. The van der Waals surface area contributed by atoms with Gasteiger partial charge >= 0.3 is 5.97 Å². The van der Waals surface area contributed by atoms with Gasteiger partial charge in [0, 0.05) is 20.3 Å². The summed E-state index contributed by atoms with van der Waals surface area (Å²) in [6.07, 6.45) is 1.33. The van der Waals surface area contributed by atoms with E-state index in [0.717, 1.165) is 0 Å². The van der Waals surface area contributed by atoms with Crippen LogP contribution in [0.5, 0.6) is 0 Å². The molecule has 1 N–H and O–H groups in total. The molecule has 0 aliphatic rings. The first-order chi connectivity index (χ1) is 6.02. The van der Waals surface area contributed by atoms with E-state index in [2.05, 4.69) is 4.98 Å². The van der Waals surface area contributed by atoms with Crippen molar-refractivity contribution in [3.63, 3.8) is 0 Å². The number of carboxylic acids is 1. The monoisotopic (exact) mass is 200 g/mol. The van der Waals surface area contributed by atoms with Crippen LogP contribution in [0.4, 0.5) is 5.82 Å². The molecule has 0 aliphatic carbocycles. The van der Waals surface area contributed by atoms with Crippen LogP contribution in [-0.4, -0.2) is 30.2 Å². The van der Waals surface area contributed by atoms with E-state index in [4.69, 9.17) is 16.7 Å². The zero-order chi connectivity index (χ0) is 10.0. The van der Waals surface area contributed by atoms with Gasteiger partial charge in [-0.2, -0.15) is 0 Å². The van der Waals surface area contributed by atoms with Gasteiger partial charge in [0.05, 0.1) is 10.6 Å². The lowest BCUT2D eigenvalue weighted by Crippen LogP contribution is -2.12. The molecule has 0 atom stereocenters. The van der Waals surface area contributed by atoms with E-state index < -0.39 is 5.97 Å². The highest BCUT2D eigenvalue weighted by Gasteiger charge is 2.10. The van der Waals surface area contributed by atoms with Gasteiger partial charge in [-0.15, -0.1) is 0 Å². The second-order valence-corrected chi connectivity index (χ2v) is 3.13. The topological polar surface area (TPSA) is 53.4 Å². The summed E-state index contributed by atoms with van der Waals surface area (Å²) in [5.41, 5.74) is 0.0698. The summed E-state index contributed by atoms with van der Waals surface area (Å²) in [5, 5.41) is 8.89. The van der Waals surface area contributed by atoms with Crippen molar-refractivity contribution in [2.45, 2.75) is 0 Å². The van der Waals surface area contributed by atoms with Gasteiger partial charge in [0.15, 0.2) is 0 Å². The van der Waals surface area contributed by atoms with Crippen molar-refractivity contribution in [1.82, 2.24) is 4.98 Å². The van der Waals surface area contributed by atoms with Gasteiger partial charge in [-0.1, -0.05) is 11.6 Å². The number of anilines is 1. The number of aromatic nitrogens is 1. The molecule has 0 aliphatic heterocycles. The molecule has 0 unspecified atom stereocenters. The Labute approximate surface area is 80.8 Å². The number of nitrogens with zero attached hydrogens (tertiary/aromatic N) is 2. The summed E-state index contributed by atoms with van der Waals surface area (Å²) in [6, 6.07) is 1.44. The molecular weight excluding hydrogens is 192 g/mol. The second-order valence-electron chi connectivity index (χ2n) is 2.72. The van der Waals surface area contributed by atoms with Crippen molar-refractivity contribution in [3.8, 4) is 0 Å². The Bertz CT molecular complexity index is 339. The molecule has 0 amide bonds. The maximum atomic E-state index is 10.7. The first-order valence-corrected chi connectivity index (χ1v) is 3.96. The lowest BCUT2D eigenvalue weighted by Gasteiger charge is -2.11. The molecule has 5 heteroatoms. The average Bonchev–Trinajstić information content (AvgIpc) is 2.04. The lowest BCUT2D eigenvalue weighted by atomic mass is 10.2. The first-order valence-electron chi connectivity index (χ1n) is 3.58. The van der Waals surface area contributed by atoms with E-state index >= 15 is 0 Å². The quantitative estimate of drug-likeness (QED) is 0.786. The number of rotatable bonds is 2. The zero-order valence-electron chi connectivity index (χ0n) is 7.28. The average molecular weight is 201 g/mol. The highest BCUT2D eigenvalue weighted by atomic mass is 35.5. The predicted octanol–water partition coefficient (Wildman–Crippen LogP) is 1.50. The van der Waals surface area contributed by atoms with E-state index in [0.29, 0.717) is 5.82 Å². The molecule has 0 fully saturated rings. The lowest BCUT2D eigenvalue weighted by molar-refractivity contribution is 0.0697. The molecule has 1 aromatic rings. The Kier molecular flexibility index (Phi) is 2.72. The summed E-state index contributed by atoms with van der Waals surface area (Å²) in [6.45, 7) is 0. The van der Waals surface area contributed by atoms with Gasteiger partial charge in [-0.3, -0.25) is 0 Å². The smallest absolute Gasteiger partial charge is 0.337 e. The van der Waals surface area contributed by atoms with Crippen LogP contribution in [0.15, 0.2) is 12.3 Å². The first kappa shape index (κ1) is 9.80. The van der Waals surface area contributed by atoms with E-state index in [1.54, 1.807) is 19.0 Å². The van der Waals surface area contributed by atoms with Crippen molar-refractivity contribution in [3.05, 3.63) is 22.8 Å². The Morgan fingerprint density at radius 2 is 2.23 bits per heavy atom. The van der Waals surface area contributed by atoms with Crippen molar-refractivity contribution < 1.29 is 9.90 Å². The molecule has 4 nitrogen and oxygen atoms in total. The molecule has 1 heterocycles. The van der Waals surface area contributed by atoms with E-state index in [1.165, 1.54) is 12.3 Å². The van der Waals surface area contributed by atoms with Gasteiger partial charge in [0.1, 0.15) is 5.82 Å². The zero-order valence-corrected chi connectivity index (χ0v) is 8.04. The number of aromatic carboxylic acids is 1. The summed E-state index contributed by atoms with van der Waals surface area (Å²) in [4.78, 5) is 16.3. The largest absolute Gasteiger partial charge is 0.478 e. The molecule has 0 aromatic carbocycles. The fourth-order valence-corrected chi connectivity index (χ4v) is 1.02. The Hall–Kier alpha value is -1.29. The summed E-state index contributed by atoms with van der Waals surface area (Å²) >= 11 is 5.63. The Morgan fingerprint density at radius 3 is 2.69 bits per heavy atom. The molecule has 13 heavy (non-hydrogen) atoms. The Balaban J connectivity index is 3.19. The third-order valence-corrected chi connectivity index (χ3v) is 1.83. The van der Waals surface area contributed by atoms with Gasteiger partial charge in [0.2, 0.25) is 0 Å². The van der Waals surface area contributed by atoms with E-state index in [1.807, 2.05) is 0 Å². The normalized spacial score (nSPS) is 9.77. The SMILES string of the molecule is CN(C)c1cc(C(=O)O)c(Cl)cn1. The molecule has 70 valence electrons. The molecule has 0 saturated heterocycles. The maximum absolute atomic E-state index is 10.7. The minimum Gasteiger partial charge on any atom is -0.478 e. The third-order valence-electron chi connectivity index (χ3n) is 1.53. The minimum absolute atomic E-state index is 0.0698. The van der Waals surface area contributed by atoms with Gasteiger partial charge in [-0.05, 0) is 6.07 Å². The van der Waals surface area contributed by atoms with Crippen LogP contribution < -0.4 is 4.90 Å². The minimum atomic E-state index is -1.05.